The largest absolute Gasteiger partial charge is 0.373 e. The summed E-state index contributed by atoms with van der Waals surface area (Å²) in [4.78, 5) is 0. The maximum absolute atomic E-state index is 6.06. The third-order valence-corrected chi connectivity index (χ3v) is 4.12. The normalized spacial score (nSPS) is 25.5. The van der Waals surface area contributed by atoms with E-state index in [4.69, 9.17) is 4.74 Å². The van der Waals surface area contributed by atoms with Crippen LogP contribution in [0, 0.1) is 0 Å². The third-order valence-electron chi connectivity index (χ3n) is 2.97. The Morgan fingerprint density at radius 1 is 1.33 bits per heavy atom. The summed E-state index contributed by atoms with van der Waals surface area (Å²) in [5.41, 5.74) is 0.224. The second-order valence-corrected chi connectivity index (χ2v) is 5.16. The topological polar surface area (TPSA) is 9.23 Å². The molecule has 0 amide bonds. The second kappa shape index (κ2) is 4.42. The van der Waals surface area contributed by atoms with Crippen molar-refractivity contribution in [1.82, 2.24) is 0 Å². The van der Waals surface area contributed by atoms with Gasteiger partial charge in [-0.25, -0.2) is 0 Å². The van der Waals surface area contributed by atoms with E-state index in [9.17, 15) is 0 Å². The van der Waals surface area contributed by atoms with Crippen LogP contribution in [0.15, 0.2) is 0 Å². The Labute approximate surface area is 79.3 Å². The van der Waals surface area contributed by atoms with Gasteiger partial charge in [0.15, 0.2) is 0 Å². The van der Waals surface area contributed by atoms with Gasteiger partial charge < -0.3 is 4.74 Å². The molecule has 72 valence electrons. The summed E-state index contributed by atoms with van der Waals surface area (Å²) < 4.78 is 6.06. The Morgan fingerprint density at radius 3 is 2.42 bits per heavy atom. The van der Waals surface area contributed by atoms with Crippen LogP contribution in [0.2, 0.25) is 6.04 Å². The monoisotopic (exact) mass is 186 g/mol. The maximum atomic E-state index is 6.06. The van der Waals surface area contributed by atoms with Crippen molar-refractivity contribution in [2.24, 2.45) is 0 Å². The quantitative estimate of drug-likeness (QED) is 0.612. The molecule has 1 aliphatic carbocycles. The van der Waals surface area contributed by atoms with E-state index in [2.05, 4.69) is 13.8 Å². The lowest BCUT2D eigenvalue weighted by Crippen LogP contribution is -2.34. The average molecular weight is 186 g/mol. The smallest absolute Gasteiger partial charge is 0.0658 e. The highest BCUT2D eigenvalue weighted by molar-refractivity contribution is 6.08. The molecule has 12 heavy (non-hydrogen) atoms. The standard InChI is InChI=1S/C10H22OSi/c1-9(8-12)11-10(2)6-4-3-5-7-10/h9H,3-8H2,1-2,12H3. The van der Waals surface area contributed by atoms with Crippen LogP contribution >= 0.6 is 0 Å². The predicted molar refractivity (Wildman–Crippen MR) is 56.8 cm³/mol. The Morgan fingerprint density at radius 2 is 1.92 bits per heavy atom. The van der Waals surface area contributed by atoms with Crippen LogP contribution in [0.5, 0.6) is 0 Å². The van der Waals surface area contributed by atoms with Crippen LogP contribution in [0.4, 0.5) is 0 Å². The van der Waals surface area contributed by atoms with Crippen molar-refractivity contribution < 1.29 is 4.74 Å². The van der Waals surface area contributed by atoms with Crippen molar-refractivity contribution in [1.29, 1.82) is 0 Å². The first-order chi connectivity index (χ1) is 5.66. The van der Waals surface area contributed by atoms with Crippen LogP contribution in [0.25, 0.3) is 0 Å². The molecular weight excluding hydrogens is 164 g/mol. The highest BCUT2D eigenvalue weighted by Gasteiger charge is 2.28. The van der Waals surface area contributed by atoms with E-state index < -0.39 is 0 Å². The van der Waals surface area contributed by atoms with E-state index in [1.54, 1.807) is 0 Å². The molecule has 0 bridgehead atoms. The molecule has 1 fully saturated rings. The zero-order valence-corrected chi connectivity index (χ0v) is 10.7. The van der Waals surface area contributed by atoms with Crippen molar-refractivity contribution >= 4 is 10.2 Å². The van der Waals surface area contributed by atoms with Gasteiger partial charge in [0.05, 0.1) is 11.7 Å². The van der Waals surface area contributed by atoms with Gasteiger partial charge in [-0.1, -0.05) is 19.3 Å². The lowest BCUT2D eigenvalue weighted by atomic mass is 9.86. The minimum atomic E-state index is 0.224. The van der Waals surface area contributed by atoms with E-state index in [-0.39, 0.29) is 5.60 Å². The molecule has 0 spiro atoms. The Hall–Kier alpha value is 0.177. The SMILES string of the molecule is CC(C[SiH3])OC1(C)CCCCC1. The zero-order valence-electron chi connectivity index (χ0n) is 8.73. The lowest BCUT2D eigenvalue weighted by Gasteiger charge is -2.36. The van der Waals surface area contributed by atoms with Gasteiger partial charge in [0.25, 0.3) is 0 Å². The van der Waals surface area contributed by atoms with Crippen LogP contribution < -0.4 is 0 Å². The summed E-state index contributed by atoms with van der Waals surface area (Å²) in [7, 11) is 1.27. The van der Waals surface area contributed by atoms with Gasteiger partial charge in [0, 0.05) is 10.2 Å². The van der Waals surface area contributed by atoms with Gasteiger partial charge in [-0.05, 0) is 32.7 Å². The molecular formula is C10H22OSi. The van der Waals surface area contributed by atoms with Crippen LogP contribution in [-0.4, -0.2) is 21.9 Å². The molecule has 1 aliphatic rings. The Balaban J connectivity index is 2.35. The fourth-order valence-corrected chi connectivity index (χ4v) is 2.15. The van der Waals surface area contributed by atoms with Crippen LogP contribution in [-0.2, 0) is 4.74 Å². The van der Waals surface area contributed by atoms with Crippen molar-refractivity contribution in [2.45, 2.75) is 63.7 Å². The molecule has 2 heteroatoms. The van der Waals surface area contributed by atoms with Gasteiger partial charge in [-0.15, -0.1) is 0 Å². The lowest BCUT2D eigenvalue weighted by molar-refractivity contribution is -0.0880. The maximum Gasteiger partial charge on any atom is 0.0658 e. The number of hydrogen-bond acceptors (Lipinski definition) is 1. The third kappa shape index (κ3) is 2.90. The molecule has 1 unspecified atom stereocenters. The summed E-state index contributed by atoms with van der Waals surface area (Å²) in [5, 5.41) is 0. The molecule has 0 aromatic heterocycles. The van der Waals surface area contributed by atoms with Crippen LogP contribution in [0.1, 0.15) is 46.0 Å². The van der Waals surface area contributed by atoms with Crippen molar-refractivity contribution in [3.05, 3.63) is 0 Å². The van der Waals surface area contributed by atoms with Crippen molar-refractivity contribution in [2.75, 3.05) is 0 Å². The summed E-state index contributed by atoms with van der Waals surface area (Å²) in [6, 6.07) is 1.27. The van der Waals surface area contributed by atoms with Gasteiger partial charge in [-0.2, -0.15) is 0 Å². The van der Waals surface area contributed by atoms with E-state index >= 15 is 0 Å². The first-order valence-electron chi connectivity index (χ1n) is 5.34. The Kier molecular flexibility index (Phi) is 3.78. The van der Waals surface area contributed by atoms with Gasteiger partial charge >= 0.3 is 0 Å². The molecule has 0 aliphatic heterocycles. The molecule has 0 saturated heterocycles. The fourth-order valence-electron chi connectivity index (χ4n) is 1.99. The molecule has 1 saturated carbocycles. The predicted octanol–water partition coefficient (Wildman–Crippen LogP) is 1.90. The van der Waals surface area contributed by atoms with E-state index in [1.165, 1.54) is 48.4 Å². The average Bonchev–Trinajstić information content (AvgIpc) is 2.05. The summed E-state index contributed by atoms with van der Waals surface area (Å²) >= 11 is 0. The van der Waals surface area contributed by atoms with E-state index in [1.807, 2.05) is 0 Å². The second-order valence-electron chi connectivity index (χ2n) is 4.35. The summed E-state index contributed by atoms with van der Waals surface area (Å²) in [6.45, 7) is 4.51. The molecule has 0 heterocycles. The number of rotatable bonds is 3. The van der Waals surface area contributed by atoms with Crippen LogP contribution in [0.3, 0.4) is 0 Å². The molecule has 0 radical (unpaired) electrons. The minimum Gasteiger partial charge on any atom is -0.373 e. The Bertz CT molecular complexity index is 130. The molecule has 0 aromatic rings. The van der Waals surface area contributed by atoms with Gasteiger partial charge in [0.2, 0.25) is 0 Å². The molecule has 1 atom stereocenters. The highest BCUT2D eigenvalue weighted by atomic mass is 28.1. The molecule has 0 aromatic carbocycles. The zero-order chi connectivity index (χ0) is 9.03. The molecule has 0 N–H and O–H groups in total. The molecule has 1 nitrogen and oxygen atoms in total. The molecule has 1 rings (SSSR count). The summed E-state index contributed by atoms with van der Waals surface area (Å²) in [5.74, 6) is 0. The minimum absolute atomic E-state index is 0.224. The van der Waals surface area contributed by atoms with Gasteiger partial charge in [-0.3, -0.25) is 0 Å². The highest BCUT2D eigenvalue weighted by Crippen LogP contribution is 2.32. The number of ether oxygens (including phenoxy) is 1. The first kappa shape index (κ1) is 10.3. The van der Waals surface area contributed by atoms with Crippen molar-refractivity contribution in [3.8, 4) is 0 Å². The first-order valence-corrected chi connectivity index (χ1v) is 6.75. The van der Waals surface area contributed by atoms with E-state index in [0.717, 1.165) is 0 Å². The number of hydrogen-bond donors (Lipinski definition) is 0. The van der Waals surface area contributed by atoms with Crippen molar-refractivity contribution in [3.63, 3.8) is 0 Å². The van der Waals surface area contributed by atoms with Gasteiger partial charge in [0.1, 0.15) is 0 Å². The summed E-state index contributed by atoms with van der Waals surface area (Å²) in [6.07, 6.45) is 7.19. The fraction of sp³-hybridized carbons (Fsp3) is 1.00. The van der Waals surface area contributed by atoms with E-state index in [0.29, 0.717) is 6.10 Å².